The molecule has 4 aromatic rings. The van der Waals surface area contributed by atoms with Crippen molar-refractivity contribution in [3.05, 3.63) is 59.2 Å². The van der Waals surface area contributed by atoms with Crippen molar-refractivity contribution in [2.45, 2.75) is 6.61 Å². The highest BCUT2D eigenvalue weighted by molar-refractivity contribution is 6.30. The fraction of sp³-hybridized carbons (Fsp3) is 0.100. The van der Waals surface area contributed by atoms with Crippen LogP contribution in [0.3, 0.4) is 0 Å². The summed E-state index contributed by atoms with van der Waals surface area (Å²) in [5.41, 5.74) is 2.04. The molecule has 0 aliphatic carbocycles. The standard InChI is InChI=1S/C20H15ClN2O5/c1-26-10-13-17-15(9-22-19(13)28-20(24)25)23-14-3-2-4-16(18(14)17)27-12-7-5-11(21)6-8-12/h2-9,23H,10H2,1H3,(H,24,25). The van der Waals surface area contributed by atoms with Crippen molar-refractivity contribution in [2.24, 2.45) is 0 Å². The van der Waals surface area contributed by atoms with E-state index in [1.54, 1.807) is 24.3 Å². The van der Waals surface area contributed by atoms with Crippen LogP contribution in [0.2, 0.25) is 5.02 Å². The fourth-order valence-electron chi connectivity index (χ4n) is 3.12. The molecule has 0 saturated heterocycles. The number of aromatic amines is 1. The van der Waals surface area contributed by atoms with Crippen LogP contribution in [0.5, 0.6) is 17.4 Å². The Morgan fingerprint density at radius 1 is 1.14 bits per heavy atom. The number of hydrogen-bond acceptors (Lipinski definition) is 5. The Kier molecular flexibility index (Phi) is 4.77. The van der Waals surface area contributed by atoms with Crippen LogP contribution in [0, 0.1) is 0 Å². The van der Waals surface area contributed by atoms with Gasteiger partial charge in [0.25, 0.3) is 0 Å². The first-order valence-electron chi connectivity index (χ1n) is 8.32. The molecule has 0 bridgehead atoms. The second-order valence-corrected chi connectivity index (χ2v) is 6.43. The second kappa shape index (κ2) is 7.38. The van der Waals surface area contributed by atoms with E-state index >= 15 is 0 Å². The summed E-state index contributed by atoms with van der Waals surface area (Å²) in [6.07, 6.45) is 0.0837. The van der Waals surface area contributed by atoms with Crippen molar-refractivity contribution in [1.82, 2.24) is 9.97 Å². The van der Waals surface area contributed by atoms with Gasteiger partial charge in [0, 0.05) is 17.5 Å². The van der Waals surface area contributed by atoms with Gasteiger partial charge in [0.1, 0.15) is 11.5 Å². The number of ether oxygens (including phenoxy) is 3. The van der Waals surface area contributed by atoms with Gasteiger partial charge in [-0.05, 0) is 36.4 Å². The molecule has 142 valence electrons. The first-order chi connectivity index (χ1) is 13.6. The van der Waals surface area contributed by atoms with Gasteiger partial charge >= 0.3 is 6.16 Å². The average molecular weight is 399 g/mol. The number of halogens is 1. The van der Waals surface area contributed by atoms with Crippen molar-refractivity contribution in [3.63, 3.8) is 0 Å². The SMILES string of the molecule is COCc1c(OC(=O)O)ncc2[nH]c3cccc(Oc4ccc(Cl)cc4)c3c12. The molecular formula is C20H15ClN2O5. The number of carboxylic acid groups (broad SMARTS) is 1. The predicted molar refractivity (Wildman–Crippen MR) is 104 cm³/mol. The van der Waals surface area contributed by atoms with Crippen LogP contribution in [0.25, 0.3) is 21.8 Å². The van der Waals surface area contributed by atoms with Gasteiger partial charge in [0.05, 0.1) is 34.8 Å². The first-order valence-corrected chi connectivity index (χ1v) is 8.70. The Hall–Kier alpha value is -3.29. The molecule has 0 radical (unpaired) electrons. The summed E-state index contributed by atoms with van der Waals surface area (Å²) in [4.78, 5) is 18.4. The number of aromatic nitrogens is 2. The summed E-state index contributed by atoms with van der Waals surface area (Å²) < 4.78 is 16.2. The van der Waals surface area contributed by atoms with E-state index in [0.29, 0.717) is 27.6 Å². The molecule has 0 fully saturated rings. The molecule has 0 unspecified atom stereocenters. The monoisotopic (exact) mass is 398 g/mol. The molecule has 28 heavy (non-hydrogen) atoms. The second-order valence-electron chi connectivity index (χ2n) is 5.99. The number of nitrogens with zero attached hydrogens (tertiary/aromatic N) is 1. The third-order valence-corrected chi connectivity index (χ3v) is 4.45. The molecule has 4 rings (SSSR count). The van der Waals surface area contributed by atoms with Gasteiger partial charge in [0.2, 0.25) is 5.88 Å². The number of hydrogen-bond donors (Lipinski definition) is 2. The number of rotatable bonds is 5. The van der Waals surface area contributed by atoms with E-state index in [-0.39, 0.29) is 12.5 Å². The maximum Gasteiger partial charge on any atom is 0.512 e. The molecule has 2 heterocycles. The molecule has 2 aromatic heterocycles. The predicted octanol–water partition coefficient (Wildman–Crippen LogP) is 5.37. The molecule has 0 amide bonds. The average Bonchev–Trinajstić information content (AvgIpc) is 3.05. The lowest BCUT2D eigenvalue weighted by Gasteiger charge is -2.11. The minimum atomic E-state index is -1.44. The van der Waals surface area contributed by atoms with Crippen LogP contribution in [-0.2, 0) is 11.3 Å². The molecule has 0 spiro atoms. The first kappa shape index (κ1) is 18.1. The molecule has 0 aliphatic rings. The molecule has 0 atom stereocenters. The molecule has 7 nitrogen and oxygen atoms in total. The molecule has 8 heteroatoms. The maximum atomic E-state index is 11.1. The quantitative estimate of drug-likeness (QED) is 0.439. The molecular weight excluding hydrogens is 384 g/mol. The Labute approximate surface area is 164 Å². The van der Waals surface area contributed by atoms with E-state index in [4.69, 9.17) is 30.9 Å². The zero-order chi connectivity index (χ0) is 19.7. The van der Waals surface area contributed by atoms with E-state index in [9.17, 15) is 4.79 Å². The topological polar surface area (TPSA) is 93.7 Å². The Morgan fingerprint density at radius 3 is 2.64 bits per heavy atom. The third kappa shape index (κ3) is 3.33. The maximum absolute atomic E-state index is 11.1. The van der Waals surface area contributed by atoms with Crippen molar-refractivity contribution in [1.29, 1.82) is 0 Å². The highest BCUT2D eigenvalue weighted by Gasteiger charge is 2.20. The molecule has 2 aromatic carbocycles. The van der Waals surface area contributed by atoms with Gasteiger partial charge < -0.3 is 24.3 Å². The number of benzene rings is 2. The Morgan fingerprint density at radius 2 is 1.93 bits per heavy atom. The fourth-order valence-corrected chi connectivity index (χ4v) is 3.24. The third-order valence-electron chi connectivity index (χ3n) is 4.20. The van der Waals surface area contributed by atoms with Gasteiger partial charge in [-0.15, -0.1) is 0 Å². The summed E-state index contributed by atoms with van der Waals surface area (Å²) in [5, 5.41) is 11.1. The number of pyridine rings is 1. The lowest BCUT2D eigenvalue weighted by Crippen LogP contribution is -2.07. The Balaban J connectivity index is 1.94. The van der Waals surface area contributed by atoms with Crippen LogP contribution in [0.1, 0.15) is 5.56 Å². The number of carbonyl (C=O) groups is 1. The van der Waals surface area contributed by atoms with Crippen LogP contribution >= 0.6 is 11.6 Å². The van der Waals surface area contributed by atoms with Crippen molar-refractivity contribution in [3.8, 4) is 17.4 Å². The Bertz CT molecular complexity index is 1170. The van der Waals surface area contributed by atoms with Crippen LogP contribution in [0.15, 0.2) is 48.7 Å². The van der Waals surface area contributed by atoms with Crippen molar-refractivity contribution >= 4 is 39.6 Å². The van der Waals surface area contributed by atoms with Crippen LogP contribution < -0.4 is 9.47 Å². The van der Waals surface area contributed by atoms with Crippen LogP contribution in [0.4, 0.5) is 4.79 Å². The zero-order valence-corrected chi connectivity index (χ0v) is 15.5. The van der Waals surface area contributed by atoms with Gasteiger partial charge in [-0.1, -0.05) is 17.7 Å². The summed E-state index contributed by atoms with van der Waals surface area (Å²) in [6.45, 7) is 0.120. The van der Waals surface area contributed by atoms with Gasteiger partial charge in [-0.2, -0.15) is 0 Å². The summed E-state index contributed by atoms with van der Waals surface area (Å²) in [6, 6.07) is 12.6. The lowest BCUT2D eigenvalue weighted by molar-refractivity contribution is 0.139. The van der Waals surface area contributed by atoms with Crippen LogP contribution in [-0.4, -0.2) is 28.3 Å². The van der Waals surface area contributed by atoms with E-state index < -0.39 is 6.16 Å². The van der Waals surface area contributed by atoms with E-state index in [0.717, 1.165) is 16.3 Å². The molecule has 0 aliphatic heterocycles. The van der Waals surface area contributed by atoms with E-state index in [1.807, 2.05) is 18.2 Å². The van der Waals surface area contributed by atoms with Gasteiger partial charge in [0.15, 0.2) is 0 Å². The highest BCUT2D eigenvalue weighted by atomic mass is 35.5. The summed E-state index contributed by atoms with van der Waals surface area (Å²) in [7, 11) is 1.52. The van der Waals surface area contributed by atoms with Crippen molar-refractivity contribution < 1.29 is 24.1 Å². The van der Waals surface area contributed by atoms with Gasteiger partial charge in [-0.3, -0.25) is 0 Å². The normalized spacial score (nSPS) is 11.1. The minimum absolute atomic E-state index is 0.0240. The number of nitrogens with one attached hydrogen (secondary N) is 1. The number of fused-ring (bicyclic) bond motifs is 3. The molecule has 2 N–H and O–H groups in total. The van der Waals surface area contributed by atoms with Crippen molar-refractivity contribution in [2.75, 3.05) is 7.11 Å². The number of methoxy groups -OCH3 is 1. The van der Waals surface area contributed by atoms with Gasteiger partial charge in [-0.25, -0.2) is 9.78 Å². The summed E-state index contributed by atoms with van der Waals surface area (Å²) in [5.74, 6) is 1.19. The van der Waals surface area contributed by atoms with E-state index in [2.05, 4.69) is 9.97 Å². The number of H-pyrrole nitrogens is 1. The smallest absolute Gasteiger partial charge is 0.457 e. The highest BCUT2D eigenvalue weighted by Crippen LogP contribution is 2.39. The molecule has 0 saturated carbocycles. The zero-order valence-electron chi connectivity index (χ0n) is 14.7. The summed E-state index contributed by atoms with van der Waals surface area (Å²) >= 11 is 5.94. The minimum Gasteiger partial charge on any atom is -0.457 e. The lowest BCUT2D eigenvalue weighted by atomic mass is 10.1. The van der Waals surface area contributed by atoms with E-state index in [1.165, 1.54) is 13.3 Å². The largest absolute Gasteiger partial charge is 0.512 e.